The Bertz CT molecular complexity index is 268. The molecule has 1 saturated carbocycles. The largest absolute Gasteiger partial charge is 0.465 e. The molecule has 3 nitrogen and oxygen atoms in total. The molecule has 1 N–H and O–H groups in total. The lowest BCUT2D eigenvalue weighted by atomic mass is 9.85. The average molecular weight is 267 g/mol. The molecule has 3 heteroatoms. The van der Waals surface area contributed by atoms with Crippen LogP contribution in [0.1, 0.15) is 58.3 Å². The minimum Gasteiger partial charge on any atom is -0.465 e. The molecule has 1 saturated heterocycles. The molecule has 110 valence electrons. The molecule has 1 aliphatic carbocycles. The highest BCUT2D eigenvalue weighted by atomic mass is 16.5. The molecule has 2 fully saturated rings. The Kier molecular flexibility index (Phi) is 6.15. The van der Waals surface area contributed by atoms with Gasteiger partial charge in [0.05, 0.1) is 6.61 Å². The van der Waals surface area contributed by atoms with Crippen LogP contribution >= 0.6 is 0 Å². The van der Waals surface area contributed by atoms with Gasteiger partial charge in [0.2, 0.25) is 0 Å². The lowest BCUT2D eigenvalue weighted by Crippen LogP contribution is -2.34. The summed E-state index contributed by atoms with van der Waals surface area (Å²) in [6, 6.07) is 0. The summed E-state index contributed by atoms with van der Waals surface area (Å²) in [4.78, 5) is 11.9. The first-order chi connectivity index (χ1) is 9.25. The monoisotopic (exact) mass is 267 g/mol. The van der Waals surface area contributed by atoms with Crippen molar-refractivity contribution >= 4 is 5.97 Å². The van der Waals surface area contributed by atoms with Crippen molar-refractivity contribution in [3.05, 3.63) is 0 Å². The van der Waals surface area contributed by atoms with Crippen LogP contribution in [0, 0.1) is 17.8 Å². The first kappa shape index (κ1) is 14.8. The van der Waals surface area contributed by atoms with Crippen LogP contribution in [0.3, 0.4) is 0 Å². The molecule has 1 heterocycles. The van der Waals surface area contributed by atoms with Crippen LogP contribution in [0.4, 0.5) is 0 Å². The molecule has 0 radical (unpaired) electrons. The van der Waals surface area contributed by atoms with E-state index in [1.165, 1.54) is 44.9 Å². The summed E-state index contributed by atoms with van der Waals surface area (Å²) >= 11 is 0. The van der Waals surface area contributed by atoms with Gasteiger partial charge in [0.25, 0.3) is 0 Å². The fourth-order valence-corrected chi connectivity index (χ4v) is 3.42. The molecule has 0 aromatic rings. The normalized spacial score (nSPS) is 26.9. The Labute approximate surface area is 117 Å². The van der Waals surface area contributed by atoms with Crippen molar-refractivity contribution in [2.75, 3.05) is 19.7 Å². The summed E-state index contributed by atoms with van der Waals surface area (Å²) in [5.74, 6) is 1.75. The first-order valence-corrected chi connectivity index (χ1v) is 8.12. The zero-order chi connectivity index (χ0) is 13.5. The summed E-state index contributed by atoms with van der Waals surface area (Å²) in [7, 11) is 0. The van der Waals surface area contributed by atoms with Crippen molar-refractivity contribution in [1.82, 2.24) is 5.32 Å². The van der Waals surface area contributed by atoms with E-state index in [9.17, 15) is 4.79 Å². The topological polar surface area (TPSA) is 38.3 Å². The summed E-state index contributed by atoms with van der Waals surface area (Å²) in [5, 5.41) is 3.42. The molecular formula is C16H29NO2. The van der Waals surface area contributed by atoms with E-state index in [1.807, 2.05) is 0 Å². The van der Waals surface area contributed by atoms with Gasteiger partial charge in [0.1, 0.15) is 0 Å². The third-order valence-corrected chi connectivity index (χ3v) is 4.83. The summed E-state index contributed by atoms with van der Waals surface area (Å²) < 4.78 is 5.48. The van der Waals surface area contributed by atoms with Crippen LogP contribution in [0.25, 0.3) is 0 Å². The highest BCUT2D eigenvalue weighted by Gasteiger charge is 2.23. The number of nitrogens with one attached hydrogen (secondary N) is 1. The van der Waals surface area contributed by atoms with Gasteiger partial charge in [-0.25, -0.2) is 0 Å². The highest BCUT2D eigenvalue weighted by Crippen LogP contribution is 2.25. The first-order valence-electron chi connectivity index (χ1n) is 8.12. The van der Waals surface area contributed by atoms with Crippen LogP contribution in [-0.4, -0.2) is 25.7 Å². The van der Waals surface area contributed by atoms with E-state index in [4.69, 9.17) is 4.74 Å². The smallest absolute Gasteiger partial charge is 0.306 e. The number of rotatable bonds is 5. The van der Waals surface area contributed by atoms with E-state index in [0.29, 0.717) is 30.8 Å². The third kappa shape index (κ3) is 5.13. The zero-order valence-corrected chi connectivity index (χ0v) is 12.3. The number of ether oxygens (including phenoxy) is 1. The highest BCUT2D eigenvalue weighted by molar-refractivity contribution is 5.69. The predicted molar refractivity (Wildman–Crippen MR) is 76.9 cm³/mol. The van der Waals surface area contributed by atoms with Crippen molar-refractivity contribution in [1.29, 1.82) is 0 Å². The molecule has 0 bridgehead atoms. The summed E-state index contributed by atoms with van der Waals surface area (Å²) in [5.41, 5.74) is 0. The maximum Gasteiger partial charge on any atom is 0.306 e. The zero-order valence-electron chi connectivity index (χ0n) is 12.3. The number of piperidine rings is 1. The molecule has 0 spiro atoms. The Morgan fingerprint density at radius 1 is 1.21 bits per heavy atom. The van der Waals surface area contributed by atoms with Crippen LogP contribution in [-0.2, 0) is 9.53 Å². The molecule has 2 rings (SSSR count). The van der Waals surface area contributed by atoms with E-state index in [1.54, 1.807) is 0 Å². The number of esters is 1. The Balaban J connectivity index is 1.62. The number of carbonyl (C=O) groups is 1. The van der Waals surface area contributed by atoms with E-state index >= 15 is 0 Å². The van der Waals surface area contributed by atoms with E-state index in [0.717, 1.165) is 13.1 Å². The van der Waals surface area contributed by atoms with E-state index in [2.05, 4.69) is 12.2 Å². The minimum atomic E-state index is 0.0173. The lowest BCUT2D eigenvalue weighted by Gasteiger charge is -2.28. The summed E-state index contributed by atoms with van der Waals surface area (Å²) in [6.45, 7) is 5.06. The Morgan fingerprint density at radius 3 is 2.68 bits per heavy atom. The third-order valence-electron chi connectivity index (χ3n) is 4.83. The second-order valence-electron chi connectivity index (χ2n) is 6.47. The van der Waals surface area contributed by atoms with Crippen molar-refractivity contribution in [3.8, 4) is 0 Å². The van der Waals surface area contributed by atoms with Crippen molar-refractivity contribution < 1.29 is 9.53 Å². The molecule has 2 aliphatic rings. The van der Waals surface area contributed by atoms with Gasteiger partial charge in [-0.3, -0.25) is 4.79 Å². The molecule has 1 aliphatic heterocycles. The van der Waals surface area contributed by atoms with Gasteiger partial charge in [0.15, 0.2) is 0 Å². The second kappa shape index (κ2) is 7.88. The van der Waals surface area contributed by atoms with Crippen LogP contribution in [0.2, 0.25) is 0 Å². The molecule has 19 heavy (non-hydrogen) atoms. The van der Waals surface area contributed by atoms with Crippen molar-refractivity contribution in [2.45, 2.75) is 58.3 Å². The van der Waals surface area contributed by atoms with Gasteiger partial charge in [-0.15, -0.1) is 0 Å². The SMILES string of the molecule is CC(CC(=O)OCC1CCCCC1)C1CCCNC1. The molecule has 2 unspecified atom stereocenters. The van der Waals surface area contributed by atoms with E-state index < -0.39 is 0 Å². The molecular weight excluding hydrogens is 238 g/mol. The van der Waals surface area contributed by atoms with Crippen LogP contribution < -0.4 is 5.32 Å². The van der Waals surface area contributed by atoms with Crippen LogP contribution in [0.15, 0.2) is 0 Å². The summed E-state index contributed by atoms with van der Waals surface area (Å²) in [6.07, 6.45) is 9.56. The lowest BCUT2D eigenvalue weighted by molar-refractivity contribution is -0.146. The van der Waals surface area contributed by atoms with Gasteiger partial charge in [-0.1, -0.05) is 26.2 Å². The standard InChI is InChI=1S/C16H29NO2/c1-13(15-8-5-9-17-11-15)10-16(18)19-12-14-6-3-2-4-7-14/h13-15,17H,2-12H2,1H3. The predicted octanol–water partition coefficient (Wildman–Crippen LogP) is 3.14. The Hall–Kier alpha value is -0.570. The van der Waals surface area contributed by atoms with Crippen molar-refractivity contribution in [2.24, 2.45) is 17.8 Å². The number of hydrogen-bond donors (Lipinski definition) is 1. The van der Waals surface area contributed by atoms with Gasteiger partial charge in [-0.2, -0.15) is 0 Å². The molecule has 2 atom stereocenters. The maximum atomic E-state index is 11.9. The number of hydrogen-bond acceptors (Lipinski definition) is 3. The van der Waals surface area contributed by atoms with Gasteiger partial charge in [-0.05, 0) is 56.5 Å². The van der Waals surface area contributed by atoms with Gasteiger partial charge >= 0.3 is 5.97 Å². The minimum absolute atomic E-state index is 0.0173. The fraction of sp³-hybridized carbons (Fsp3) is 0.938. The van der Waals surface area contributed by atoms with Crippen molar-refractivity contribution in [3.63, 3.8) is 0 Å². The van der Waals surface area contributed by atoms with E-state index in [-0.39, 0.29) is 5.97 Å². The quantitative estimate of drug-likeness (QED) is 0.778. The molecule has 0 aromatic carbocycles. The average Bonchev–Trinajstić information content (AvgIpc) is 2.47. The Morgan fingerprint density at radius 2 is 2.00 bits per heavy atom. The van der Waals surface area contributed by atoms with Crippen LogP contribution in [0.5, 0.6) is 0 Å². The molecule has 0 aromatic heterocycles. The second-order valence-corrected chi connectivity index (χ2v) is 6.47. The van der Waals surface area contributed by atoms with Gasteiger partial charge in [0, 0.05) is 6.42 Å². The van der Waals surface area contributed by atoms with Gasteiger partial charge < -0.3 is 10.1 Å². The number of carbonyl (C=O) groups excluding carboxylic acids is 1. The fourth-order valence-electron chi connectivity index (χ4n) is 3.42. The molecule has 0 amide bonds. The maximum absolute atomic E-state index is 11.9.